The molecule has 1 aromatic carbocycles. The maximum atomic E-state index is 11.2. The summed E-state index contributed by atoms with van der Waals surface area (Å²) in [5.74, 6) is -0.293. The van der Waals surface area contributed by atoms with Crippen molar-refractivity contribution in [1.29, 1.82) is 5.26 Å². The molecule has 0 aromatic heterocycles. The highest BCUT2D eigenvalue weighted by atomic mass is 16.1. The van der Waals surface area contributed by atoms with Gasteiger partial charge in [-0.3, -0.25) is 4.79 Å². The van der Waals surface area contributed by atoms with Gasteiger partial charge in [0, 0.05) is 11.8 Å². The monoisotopic (exact) mass is 199 g/mol. The Morgan fingerprint density at radius 3 is 2.47 bits per heavy atom. The van der Waals surface area contributed by atoms with Crippen molar-refractivity contribution in [3.63, 3.8) is 0 Å². The molecule has 0 amide bonds. The zero-order valence-electron chi connectivity index (χ0n) is 8.57. The van der Waals surface area contributed by atoms with E-state index < -0.39 is 0 Å². The molecule has 15 heavy (non-hydrogen) atoms. The highest BCUT2D eigenvalue weighted by Gasteiger charge is 2.40. The lowest BCUT2D eigenvalue weighted by Crippen LogP contribution is -2.36. The van der Waals surface area contributed by atoms with Crippen LogP contribution in [0.15, 0.2) is 30.3 Å². The van der Waals surface area contributed by atoms with Crippen LogP contribution in [-0.2, 0) is 10.2 Å². The van der Waals surface area contributed by atoms with E-state index in [1.54, 1.807) is 6.07 Å². The molecule has 76 valence electrons. The summed E-state index contributed by atoms with van der Waals surface area (Å²) in [5.41, 5.74) is 1.17. The van der Waals surface area contributed by atoms with E-state index in [0.717, 1.165) is 19.3 Å². The lowest BCUT2D eigenvalue weighted by atomic mass is 9.62. The molecular weight excluding hydrogens is 186 g/mol. The Hall–Kier alpha value is -1.62. The molecular formula is C13H13NO. The van der Waals surface area contributed by atoms with E-state index in [1.165, 1.54) is 5.56 Å². The van der Waals surface area contributed by atoms with Crippen LogP contribution < -0.4 is 0 Å². The maximum absolute atomic E-state index is 11.2. The van der Waals surface area contributed by atoms with Gasteiger partial charge in [0.2, 0.25) is 5.78 Å². The van der Waals surface area contributed by atoms with Crippen LogP contribution in [0.1, 0.15) is 31.2 Å². The van der Waals surface area contributed by atoms with E-state index in [9.17, 15) is 4.79 Å². The van der Waals surface area contributed by atoms with Crippen LogP contribution in [0.25, 0.3) is 0 Å². The Balaban J connectivity index is 2.23. The van der Waals surface area contributed by atoms with Crippen molar-refractivity contribution < 1.29 is 4.79 Å². The van der Waals surface area contributed by atoms with Crippen molar-refractivity contribution in [2.75, 3.05) is 0 Å². The number of hydrogen-bond donors (Lipinski definition) is 0. The van der Waals surface area contributed by atoms with Gasteiger partial charge in [0.05, 0.1) is 0 Å². The first kappa shape index (κ1) is 9.92. The molecule has 1 aliphatic rings. The molecule has 1 saturated carbocycles. The number of carbonyl (C=O) groups is 1. The zero-order valence-corrected chi connectivity index (χ0v) is 8.57. The van der Waals surface area contributed by atoms with E-state index in [0.29, 0.717) is 6.42 Å². The van der Waals surface area contributed by atoms with Gasteiger partial charge in [-0.05, 0) is 18.4 Å². The molecule has 0 heterocycles. The molecule has 2 heteroatoms. The van der Waals surface area contributed by atoms with Gasteiger partial charge in [-0.1, -0.05) is 36.8 Å². The second-order valence-corrected chi connectivity index (χ2v) is 4.21. The zero-order chi connectivity index (χ0) is 10.7. The molecule has 0 spiro atoms. The second-order valence-electron chi connectivity index (χ2n) is 4.21. The van der Waals surface area contributed by atoms with Crippen LogP contribution in [0.5, 0.6) is 0 Å². The van der Waals surface area contributed by atoms with Crippen LogP contribution in [0.3, 0.4) is 0 Å². The predicted octanol–water partition coefficient (Wildman–Crippen LogP) is 2.59. The van der Waals surface area contributed by atoms with E-state index in [4.69, 9.17) is 5.26 Å². The summed E-state index contributed by atoms with van der Waals surface area (Å²) >= 11 is 0. The fourth-order valence-corrected chi connectivity index (χ4v) is 2.31. The van der Waals surface area contributed by atoms with Crippen molar-refractivity contribution in [2.24, 2.45) is 0 Å². The SMILES string of the molecule is N#CC(=O)CC1(c2ccccc2)CCC1. The predicted molar refractivity (Wildman–Crippen MR) is 57.2 cm³/mol. The number of nitriles is 1. The van der Waals surface area contributed by atoms with Gasteiger partial charge in [-0.25, -0.2) is 0 Å². The van der Waals surface area contributed by atoms with Crippen molar-refractivity contribution in [2.45, 2.75) is 31.1 Å². The lowest BCUT2D eigenvalue weighted by Gasteiger charge is -2.41. The van der Waals surface area contributed by atoms with Gasteiger partial charge < -0.3 is 0 Å². The first-order valence-electron chi connectivity index (χ1n) is 5.25. The standard InChI is InChI=1S/C13H13NO/c14-10-12(15)9-13(7-4-8-13)11-5-2-1-3-6-11/h1-3,5-6H,4,7-9H2. The molecule has 2 nitrogen and oxygen atoms in total. The molecule has 0 unspecified atom stereocenters. The molecule has 0 radical (unpaired) electrons. The van der Waals surface area contributed by atoms with Gasteiger partial charge >= 0.3 is 0 Å². The Morgan fingerprint density at radius 2 is 2.00 bits per heavy atom. The van der Waals surface area contributed by atoms with E-state index in [2.05, 4.69) is 12.1 Å². The van der Waals surface area contributed by atoms with Crippen LogP contribution in [0.2, 0.25) is 0 Å². The molecule has 0 N–H and O–H groups in total. The number of hydrogen-bond acceptors (Lipinski definition) is 2. The van der Waals surface area contributed by atoms with Gasteiger partial charge in [0.15, 0.2) is 0 Å². The van der Waals surface area contributed by atoms with Crippen molar-refractivity contribution in [3.05, 3.63) is 35.9 Å². The van der Waals surface area contributed by atoms with E-state index in [-0.39, 0.29) is 11.2 Å². The maximum Gasteiger partial charge on any atom is 0.232 e. The normalized spacial score (nSPS) is 17.5. The number of Topliss-reactive ketones (excluding diaryl/α,β-unsaturated/α-hetero) is 1. The highest BCUT2D eigenvalue weighted by molar-refractivity contribution is 5.94. The number of nitrogens with zero attached hydrogens (tertiary/aromatic N) is 1. The largest absolute Gasteiger partial charge is 0.283 e. The minimum Gasteiger partial charge on any atom is -0.283 e. The van der Waals surface area contributed by atoms with Crippen LogP contribution in [0.4, 0.5) is 0 Å². The van der Waals surface area contributed by atoms with E-state index in [1.807, 2.05) is 18.2 Å². The van der Waals surface area contributed by atoms with E-state index >= 15 is 0 Å². The van der Waals surface area contributed by atoms with Gasteiger partial charge in [-0.2, -0.15) is 5.26 Å². The summed E-state index contributed by atoms with van der Waals surface area (Å²) < 4.78 is 0. The Morgan fingerprint density at radius 1 is 1.33 bits per heavy atom. The summed E-state index contributed by atoms with van der Waals surface area (Å²) in [6, 6.07) is 11.8. The Kier molecular flexibility index (Phi) is 2.55. The van der Waals surface area contributed by atoms with Crippen molar-refractivity contribution in [1.82, 2.24) is 0 Å². The summed E-state index contributed by atoms with van der Waals surface area (Å²) in [5, 5.41) is 8.57. The number of ketones is 1. The molecule has 2 rings (SSSR count). The first-order chi connectivity index (χ1) is 7.27. The Labute approximate surface area is 89.5 Å². The van der Waals surface area contributed by atoms with Crippen molar-refractivity contribution >= 4 is 5.78 Å². The lowest BCUT2D eigenvalue weighted by molar-refractivity contribution is -0.115. The second kappa shape index (κ2) is 3.86. The topological polar surface area (TPSA) is 40.9 Å². The number of rotatable bonds is 3. The first-order valence-corrected chi connectivity index (χ1v) is 5.25. The molecule has 0 saturated heterocycles. The van der Waals surface area contributed by atoms with Crippen LogP contribution >= 0.6 is 0 Å². The summed E-state index contributed by atoms with van der Waals surface area (Å²) in [7, 11) is 0. The summed E-state index contributed by atoms with van der Waals surface area (Å²) in [6.07, 6.45) is 3.61. The minimum absolute atomic E-state index is 0.0337. The minimum atomic E-state index is -0.293. The molecule has 0 atom stereocenters. The Bertz CT molecular complexity index is 398. The third-order valence-corrected chi connectivity index (χ3v) is 3.32. The molecule has 1 aliphatic carbocycles. The average Bonchev–Trinajstić information content (AvgIpc) is 2.24. The third kappa shape index (κ3) is 1.78. The quantitative estimate of drug-likeness (QED) is 0.702. The number of benzene rings is 1. The van der Waals surface area contributed by atoms with Gasteiger partial charge in [0.1, 0.15) is 6.07 Å². The molecule has 1 aromatic rings. The molecule has 1 fully saturated rings. The van der Waals surface area contributed by atoms with Gasteiger partial charge in [-0.15, -0.1) is 0 Å². The van der Waals surface area contributed by atoms with Crippen LogP contribution in [-0.4, -0.2) is 5.78 Å². The third-order valence-electron chi connectivity index (χ3n) is 3.32. The van der Waals surface area contributed by atoms with Crippen LogP contribution in [0, 0.1) is 11.3 Å². The highest BCUT2D eigenvalue weighted by Crippen LogP contribution is 2.46. The fraction of sp³-hybridized carbons (Fsp3) is 0.385. The fourth-order valence-electron chi connectivity index (χ4n) is 2.31. The molecule has 0 bridgehead atoms. The van der Waals surface area contributed by atoms with Gasteiger partial charge in [0.25, 0.3) is 0 Å². The number of carbonyl (C=O) groups excluding carboxylic acids is 1. The van der Waals surface area contributed by atoms with Crippen molar-refractivity contribution in [3.8, 4) is 6.07 Å². The average molecular weight is 199 g/mol. The summed E-state index contributed by atoms with van der Waals surface area (Å²) in [4.78, 5) is 11.2. The summed E-state index contributed by atoms with van der Waals surface area (Å²) in [6.45, 7) is 0. The smallest absolute Gasteiger partial charge is 0.232 e. The molecule has 0 aliphatic heterocycles.